The van der Waals surface area contributed by atoms with Crippen LogP contribution in [0.5, 0.6) is 0 Å². The molecule has 1 atom stereocenters. The summed E-state index contributed by atoms with van der Waals surface area (Å²) in [7, 11) is 0. The van der Waals surface area contributed by atoms with E-state index in [1.807, 2.05) is 25.1 Å². The third-order valence-corrected chi connectivity index (χ3v) is 3.89. The largest absolute Gasteiger partial charge is 0.295 e. The number of halogens is 1. The molecule has 2 aromatic rings. The molecule has 4 heteroatoms. The smallest absolute Gasteiger partial charge is 0.261 e. The van der Waals surface area contributed by atoms with Crippen LogP contribution < -0.4 is 5.56 Å². The van der Waals surface area contributed by atoms with Crippen LogP contribution in [0, 0.1) is 6.92 Å². The summed E-state index contributed by atoms with van der Waals surface area (Å²) < 4.78 is 1.77. The molecule has 0 saturated carbocycles. The second-order valence-electron chi connectivity index (χ2n) is 4.20. The molecule has 2 heterocycles. The summed E-state index contributed by atoms with van der Waals surface area (Å²) in [6, 6.07) is 5.80. The van der Waals surface area contributed by atoms with E-state index in [-0.39, 0.29) is 10.4 Å². The summed E-state index contributed by atoms with van der Waals surface area (Å²) in [5, 5.41) is 0.718. The van der Waals surface area contributed by atoms with Crippen molar-refractivity contribution in [3.05, 3.63) is 39.9 Å². The SMILES string of the molecule is Cc1ccc2c(=O)n3c(nc2c1)C(Br)CC3. The fourth-order valence-corrected chi connectivity index (χ4v) is 2.73. The predicted molar refractivity (Wildman–Crippen MR) is 67.0 cm³/mol. The quantitative estimate of drug-likeness (QED) is 0.695. The van der Waals surface area contributed by atoms with Gasteiger partial charge < -0.3 is 0 Å². The lowest BCUT2D eigenvalue weighted by Crippen LogP contribution is -2.21. The molecule has 0 saturated heterocycles. The highest BCUT2D eigenvalue weighted by molar-refractivity contribution is 9.09. The highest BCUT2D eigenvalue weighted by Gasteiger charge is 2.23. The molecule has 3 nitrogen and oxygen atoms in total. The molecular weight excluding hydrogens is 268 g/mol. The van der Waals surface area contributed by atoms with Crippen molar-refractivity contribution in [2.45, 2.75) is 24.7 Å². The van der Waals surface area contributed by atoms with Gasteiger partial charge in [-0.25, -0.2) is 4.98 Å². The van der Waals surface area contributed by atoms with Crippen LogP contribution >= 0.6 is 15.9 Å². The topological polar surface area (TPSA) is 34.9 Å². The zero-order chi connectivity index (χ0) is 11.3. The molecule has 1 aliphatic rings. The van der Waals surface area contributed by atoms with Gasteiger partial charge >= 0.3 is 0 Å². The molecule has 1 aromatic carbocycles. The van der Waals surface area contributed by atoms with Crippen molar-refractivity contribution in [1.29, 1.82) is 0 Å². The van der Waals surface area contributed by atoms with E-state index < -0.39 is 0 Å². The molecule has 0 N–H and O–H groups in total. The van der Waals surface area contributed by atoms with Gasteiger partial charge in [0, 0.05) is 6.54 Å². The van der Waals surface area contributed by atoms with E-state index in [0.717, 1.165) is 35.3 Å². The number of nitrogens with zero attached hydrogens (tertiary/aromatic N) is 2. The van der Waals surface area contributed by atoms with Crippen LogP contribution in [-0.4, -0.2) is 9.55 Å². The Morgan fingerprint density at radius 1 is 1.50 bits per heavy atom. The lowest BCUT2D eigenvalue weighted by atomic mass is 10.2. The van der Waals surface area contributed by atoms with Crippen LogP contribution in [0.15, 0.2) is 23.0 Å². The number of benzene rings is 1. The van der Waals surface area contributed by atoms with Gasteiger partial charge in [0.25, 0.3) is 5.56 Å². The Hall–Kier alpha value is -1.16. The van der Waals surface area contributed by atoms with Gasteiger partial charge in [0.1, 0.15) is 5.82 Å². The number of hydrogen-bond donors (Lipinski definition) is 0. The lowest BCUT2D eigenvalue weighted by molar-refractivity contribution is 0.719. The van der Waals surface area contributed by atoms with Crippen LogP contribution in [0.1, 0.15) is 22.6 Å². The van der Waals surface area contributed by atoms with Gasteiger partial charge in [-0.15, -0.1) is 0 Å². The number of aromatic nitrogens is 2. The molecule has 0 radical (unpaired) electrons. The third-order valence-electron chi connectivity index (χ3n) is 3.03. The highest BCUT2D eigenvalue weighted by Crippen LogP contribution is 2.31. The molecular formula is C12H11BrN2O. The highest BCUT2D eigenvalue weighted by atomic mass is 79.9. The average Bonchev–Trinajstić information content (AvgIpc) is 2.61. The first kappa shape index (κ1) is 10.0. The van der Waals surface area contributed by atoms with Crippen molar-refractivity contribution in [3.8, 4) is 0 Å². The van der Waals surface area contributed by atoms with E-state index in [0.29, 0.717) is 0 Å². The van der Waals surface area contributed by atoms with Gasteiger partial charge in [0.15, 0.2) is 0 Å². The summed E-state index contributed by atoms with van der Waals surface area (Å²) in [5.74, 6) is 0.864. The van der Waals surface area contributed by atoms with E-state index in [1.54, 1.807) is 4.57 Å². The van der Waals surface area contributed by atoms with Crippen LogP contribution in [-0.2, 0) is 6.54 Å². The van der Waals surface area contributed by atoms with Crippen LogP contribution in [0.3, 0.4) is 0 Å². The Balaban J connectivity index is 2.44. The van der Waals surface area contributed by atoms with Gasteiger partial charge in [-0.05, 0) is 31.0 Å². The minimum Gasteiger partial charge on any atom is -0.295 e. The molecule has 0 bridgehead atoms. The predicted octanol–water partition coefficient (Wildman–Crippen LogP) is 2.54. The first-order valence-electron chi connectivity index (χ1n) is 5.32. The fourth-order valence-electron chi connectivity index (χ4n) is 2.18. The Bertz CT molecular complexity index is 633. The number of rotatable bonds is 0. The molecule has 16 heavy (non-hydrogen) atoms. The minimum absolute atomic E-state index is 0.0851. The average molecular weight is 279 g/mol. The molecule has 0 spiro atoms. The molecule has 0 aliphatic carbocycles. The molecule has 0 amide bonds. The summed E-state index contributed by atoms with van der Waals surface area (Å²) in [6.45, 7) is 2.78. The summed E-state index contributed by atoms with van der Waals surface area (Å²) in [4.78, 5) is 17.0. The zero-order valence-corrected chi connectivity index (χ0v) is 10.5. The second-order valence-corrected chi connectivity index (χ2v) is 5.31. The second kappa shape index (κ2) is 3.42. The summed E-state index contributed by atoms with van der Waals surface area (Å²) >= 11 is 3.55. The van der Waals surface area contributed by atoms with E-state index in [2.05, 4.69) is 20.9 Å². The molecule has 1 aromatic heterocycles. The Kier molecular flexibility index (Phi) is 2.14. The third kappa shape index (κ3) is 1.33. The number of aryl methyl sites for hydroxylation is 1. The zero-order valence-electron chi connectivity index (χ0n) is 8.90. The lowest BCUT2D eigenvalue weighted by Gasteiger charge is -2.06. The Labute approximate surface area is 101 Å². The number of alkyl halides is 1. The normalized spacial score (nSPS) is 19.0. The monoisotopic (exact) mass is 278 g/mol. The van der Waals surface area contributed by atoms with Crippen LogP contribution in [0.25, 0.3) is 10.9 Å². The standard InChI is InChI=1S/C12H11BrN2O/c1-7-2-3-8-10(6-7)14-11-9(13)4-5-15(11)12(8)16/h2-3,6,9H,4-5H2,1H3. The number of fused-ring (bicyclic) bond motifs is 2. The van der Waals surface area contributed by atoms with Gasteiger partial charge in [0.2, 0.25) is 0 Å². The maximum atomic E-state index is 12.2. The van der Waals surface area contributed by atoms with Crippen molar-refractivity contribution in [3.63, 3.8) is 0 Å². The van der Waals surface area contributed by atoms with E-state index in [9.17, 15) is 4.79 Å². The van der Waals surface area contributed by atoms with Gasteiger partial charge in [-0.3, -0.25) is 9.36 Å². The van der Waals surface area contributed by atoms with E-state index in [1.165, 1.54) is 0 Å². The number of hydrogen-bond acceptors (Lipinski definition) is 2. The molecule has 1 unspecified atom stereocenters. The maximum Gasteiger partial charge on any atom is 0.261 e. The maximum absolute atomic E-state index is 12.2. The van der Waals surface area contributed by atoms with Gasteiger partial charge in [0.05, 0.1) is 15.7 Å². The van der Waals surface area contributed by atoms with Crippen molar-refractivity contribution >= 4 is 26.8 Å². The molecule has 0 fully saturated rings. The molecule has 3 rings (SSSR count). The van der Waals surface area contributed by atoms with Crippen molar-refractivity contribution in [2.75, 3.05) is 0 Å². The van der Waals surface area contributed by atoms with Crippen LogP contribution in [0.2, 0.25) is 0 Å². The molecule has 1 aliphatic heterocycles. The Morgan fingerprint density at radius 2 is 2.31 bits per heavy atom. The van der Waals surface area contributed by atoms with Crippen LogP contribution in [0.4, 0.5) is 0 Å². The molecule has 82 valence electrons. The van der Waals surface area contributed by atoms with Crippen molar-refractivity contribution in [1.82, 2.24) is 9.55 Å². The first-order valence-corrected chi connectivity index (χ1v) is 6.23. The summed E-state index contributed by atoms with van der Waals surface area (Å²) in [6.07, 6.45) is 0.942. The first-order chi connectivity index (χ1) is 7.66. The van der Waals surface area contributed by atoms with Crippen molar-refractivity contribution in [2.24, 2.45) is 0 Å². The van der Waals surface area contributed by atoms with Gasteiger partial charge in [-0.2, -0.15) is 0 Å². The summed E-state index contributed by atoms with van der Waals surface area (Å²) in [5.41, 5.74) is 2.03. The van der Waals surface area contributed by atoms with Gasteiger partial charge in [-0.1, -0.05) is 22.0 Å². The minimum atomic E-state index is 0.0851. The fraction of sp³-hybridized carbons (Fsp3) is 0.333. The van der Waals surface area contributed by atoms with Crippen molar-refractivity contribution < 1.29 is 0 Å². The Morgan fingerprint density at radius 3 is 3.12 bits per heavy atom. The van der Waals surface area contributed by atoms with E-state index in [4.69, 9.17) is 0 Å². The van der Waals surface area contributed by atoms with E-state index >= 15 is 0 Å².